The Morgan fingerprint density at radius 1 is 0.915 bits per heavy atom. The van der Waals surface area contributed by atoms with Crippen LogP contribution in [0.4, 0.5) is 10.2 Å². The number of imidazole rings is 1. The number of amides is 2. The number of fused-ring (bicyclic) bond motifs is 2. The van der Waals surface area contributed by atoms with Gasteiger partial charge in [-0.3, -0.25) is 23.9 Å². The van der Waals surface area contributed by atoms with E-state index in [0.29, 0.717) is 46.9 Å². The number of aromatic nitrogens is 8. The second-order valence-corrected chi connectivity index (χ2v) is 14.0. The van der Waals surface area contributed by atoms with Crippen LogP contribution in [-0.4, -0.2) is 80.4 Å². The summed E-state index contributed by atoms with van der Waals surface area (Å²) < 4.78 is 16.0. The molecule has 0 aliphatic heterocycles. The zero-order valence-corrected chi connectivity index (χ0v) is 32.5. The standard InChI is InChI=1S/C22H18FN7O.C19H25BN4O4/c1-2-15(28-20-18-19(25-11-24-18)26-12-27-20)21-29-16-10-6-9-14(23)17(16)22(31)30(21)13-7-4-3-5-8-13;1-13(2)10-17(20(27)28)24-18(25)15(11-14-6-4-3-5-7-14)23-19(26)16-12-21-8-9-22-16/h3-12,15H,2H2,1H3,(H2,24,25,26,27,28);3-9,12-13,15,17,27-28H,10-11H2,1-2H3,(H,23,26)(H,24,25)/t15-;15-,17-/m00/s1. The van der Waals surface area contributed by atoms with Crippen LogP contribution in [0, 0.1) is 11.7 Å². The molecule has 4 aromatic heterocycles. The number of anilines is 1. The highest BCUT2D eigenvalue weighted by molar-refractivity contribution is 6.43. The molecule has 16 nitrogen and oxygen atoms in total. The van der Waals surface area contributed by atoms with Crippen LogP contribution in [-0.2, 0) is 11.2 Å². The molecule has 0 aliphatic rings. The summed E-state index contributed by atoms with van der Waals surface area (Å²) in [5.74, 6) is -1.31. The van der Waals surface area contributed by atoms with E-state index in [0.717, 1.165) is 5.56 Å². The number of carbonyl (C=O) groups excluding carboxylic acids is 2. The summed E-state index contributed by atoms with van der Waals surface area (Å²) in [6.45, 7) is 5.80. The molecule has 0 bridgehead atoms. The van der Waals surface area contributed by atoms with Crippen molar-refractivity contribution in [2.75, 3.05) is 5.32 Å². The lowest BCUT2D eigenvalue weighted by molar-refractivity contribution is -0.123. The van der Waals surface area contributed by atoms with Crippen molar-refractivity contribution in [3.8, 4) is 5.69 Å². The molecule has 3 atom stereocenters. The highest BCUT2D eigenvalue weighted by Gasteiger charge is 2.30. The van der Waals surface area contributed by atoms with Crippen molar-refractivity contribution in [3.63, 3.8) is 0 Å². The summed E-state index contributed by atoms with van der Waals surface area (Å²) in [6.07, 6.45) is 8.35. The summed E-state index contributed by atoms with van der Waals surface area (Å²) in [7, 11) is -1.69. The Bertz CT molecular complexity index is 2540. The maximum Gasteiger partial charge on any atom is 0.475 e. The van der Waals surface area contributed by atoms with E-state index >= 15 is 0 Å². The summed E-state index contributed by atoms with van der Waals surface area (Å²) in [5.41, 5.74) is 2.58. The molecular weight excluding hydrogens is 756 g/mol. The predicted octanol–water partition coefficient (Wildman–Crippen LogP) is 4.11. The maximum atomic E-state index is 14.5. The van der Waals surface area contributed by atoms with E-state index in [4.69, 9.17) is 4.98 Å². The topological polar surface area (TPSA) is 226 Å². The molecule has 0 saturated heterocycles. The quantitative estimate of drug-likeness (QED) is 0.0855. The Balaban J connectivity index is 0.000000200. The number of H-pyrrole nitrogens is 1. The fourth-order valence-electron chi connectivity index (χ4n) is 6.41. The van der Waals surface area contributed by atoms with Crippen LogP contribution in [0.15, 0.2) is 115 Å². The fraction of sp³-hybridized carbons (Fsp3) is 0.244. The molecule has 0 spiro atoms. The molecule has 0 radical (unpaired) electrons. The number of carbonyl (C=O) groups is 2. The lowest BCUT2D eigenvalue weighted by Gasteiger charge is -2.24. The highest BCUT2D eigenvalue weighted by atomic mass is 19.1. The molecule has 6 N–H and O–H groups in total. The van der Waals surface area contributed by atoms with E-state index in [2.05, 4.69) is 45.9 Å². The lowest BCUT2D eigenvalue weighted by Crippen LogP contribution is -2.55. The van der Waals surface area contributed by atoms with Crippen LogP contribution in [0.3, 0.4) is 0 Å². The normalized spacial score (nSPS) is 12.6. The first-order valence-electron chi connectivity index (χ1n) is 19.0. The molecule has 7 aromatic rings. The van der Waals surface area contributed by atoms with Gasteiger partial charge < -0.3 is 31.0 Å². The van der Waals surface area contributed by atoms with Crippen molar-refractivity contribution in [2.24, 2.45) is 5.92 Å². The van der Waals surface area contributed by atoms with Gasteiger partial charge in [-0.05, 0) is 48.6 Å². The number of para-hydroxylation sites is 1. The summed E-state index contributed by atoms with van der Waals surface area (Å²) in [4.78, 5) is 66.8. The Morgan fingerprint density at radius 3 is 2.34 bits per heavy atom. The summed E-state index contributed by atoms with van der Waals surface area (Å²) in [5, 5.41) is 27.8. The summed E-state index contributed by atoms with van der Waals surface area (Å²) in [6, 6.07) is 21.5. The van der Waals surface area contributed by atoms with Gasteiger partial charge in [-0.2, -0.15) is 0 Å². The van der Waals surface area contributed by atoms with Gasteiger partial charge in [0, 0.05) is 18.8 Å². The number of aromatic amines is 1. The van der Waals surface area contributed by atoms with E-state index in [-0.39, 0.29) is 29.5 Å². The van der Waals surface area contributed by atoms with Crippen molar-refractivity contribution >= 4 is 46.8 Å². The minimum Gasteiger partial charge on any atom is -0.426 e. The van der Waals surface area contributed by atoms with Gasteiger partial charge in [-0.1, -0.05) is 75.4 Å². The number of hydrogen-bond acceptors (Lipinski definition) is 12. The van der Waals surface area contributed by atoms with Crippen LogP contribution in [0.1, 0.15) is 61.5 Å². The van der Waals surface area contributed by atoms with Crippen molar-refractivity contribution < 1.29 is 24.0 Å². The highest BCUT2D eigenvalue weighted by Crippen LogP contribution is 2.26. The van der Waals surface area contributed by atoms with E-state index in [1.807, 2.05) is 69.3 Å². The van der Waals surface area contributed by atoms with Gasteiger partial charge in [0.15, 0.2) is 11.5 Å². The largest absolute Gasteiger partial charge is 0.475 e. The van der Waals surface area contributed by atoms with Crippen molar-refractivity contribution in [1.29, 1.82) is 0 Å². The van der Waals surface area contributed by atoms with Gasteiger partial charge in [0.1, 0.15) is 40.6 Å². The van der Waals surface area contributed by atoms with Crippen LogP contribution in [0.25, 0.3) is 27.8 Å². The first-order chi connectivity index (χ1) is 28.5. The van der Waals surface area contributed by atoms with Gasteiger partial charge in [0.2, 0.25) is 5.91 Å². The van der Waals surface area contributed by atoms with Gasteiger partial charge in [0.05, 0.1) is 35.7 Å². The maximum absolute atomic E-state index is 14.5. The Morgan fingerprint density at radius 2 is 1.66 bits per heavy atom. The molecule has 0 unspecified atom stereocenters. The smallest absolute Gasteiger partial charge is 0.426 e. The second-order valence-electron chi connectivity index (χ2n) is 14.0. The lowest BCUT2D eigenvalue weighted by atomic mass is 9.75. The van der Waals surface area contributed by atoms with Gasteiger partial charge in [0.25, 0.3) is 11.5 Å². The number of nitrogens with zero attached hydrogens (tertiary/aromatic N) is 7. The van der Waals surface area contributed by atoms with Crippen LogP contribution in [0.5, 0.6) is 0 Å². The number of nitrogens with one attached hydrogen (secondary N) is 4. The molecular formula is C41H43BFN11O5. The zero-order valence-electron chi connectivity index (χ0n) is 32.5. The zero-order chi connectivity index (χ0) is 41.9. The number of rotatable bonds is 14. The van der Waals surface area contributed by atoms with Gasteiger partial charge in [-0.15, -0.1) is 0 Å². The summed E-state index contributed by atoms with van der Waals surface area (Å²) >= 11 is 0. The molecule has 0 fully saturated rings. The monoisotopic (exact) mass is 799 g/mol. The molecule has 302 valence electrons. The molecule has 59 heavy (non-hydrogen) atoms. The van der Waals surface area contributed by atoms with Crippen molar-refractivity contribution in [1.82, 2.24) is 50.1 Å². The minimum atomic E-state index is -1.69. The van der Waals surface area contributed by atoms with Crippen molar-refractivity contribution in [3.05, 3.63) is 143 Å². The first kappa shape index (κ1) is 41.7. The van der Waals surface area contributed by atoms with E-state index < -0.39 is 42.3 Å². The predicted molar refractivity (Wildman–Crippen MR) is 221 cm³/mol. The SMILES string of the molecule is CC(C)C[C@H](NC(=O)[C@H](Cc1ccccc1)NC(=O)c1cnccn1)B(O)O.CC[C@H](Nc1ncnc2nc[nH]c12)c1nc2cccc(F)c2c(=O)n1-c1ccccc1. The molecule has 7 rings (SSSR count). The number of halogens is 1. The van der Waals surface area contributed by atoms with Crippen LogP contribution < -0.4 is 21.5 Å². The molecule has 0 aliphatic carbocycles. The van der Waals surface area contributed by atoms with Gasteiger partial charge in [-0.25, -0.2) is 29.3 Å². The third-order valence-corrected chi connectivity index (χ3v) is 9.25. The van der Waals surface area contributed by atoms with Gasteiger partial charge >= 0.3 is 7.12 Å². The van der Waals surface area contributed by atoms with Crippen LogP contribution in [0.2, 0.25) is 0 Å². The first-order valence-corrected chi connectivity index (χ1v) is 19.0. The molecule has 2 amide bonds. The third kappa shape index (κ3) is 10.3. The third-order valence-electron chi connectivity index (χ3n) is 9.25. The minimum absolute atomic E-state index is 0.0389. The Hall–Kier alpha value is -6.92. The Labute approximate surface area is 338 Å². The second kappa shape index (κ2) is 19.5. The molecule has 3 aromatic carbocycles. The van der Waals surface area contributed by atoms with E-state index in [1.54, 1.807) is 30.6 Å². The Kier molecular flexibility index (Phi) is 13.8. The average molecular weight is 800 g/mol. The number of hydrogen-bond donors (Lipinski definition) is 6. The molecule has 4 heterocycles. The fourth-order valence-corrected chi connectivity index (χ4v) is 6.41. The van der Waals surface area contributed by atoms with Crippen LogP contribution >= 0.6 is 0 Å². The van der Waals surface area contributed by atoms with Crippen molar-refractivity contribution in [2.45, 2.75) is 58.1 Å². The van der Waals surface area contributed by atoms with E-state index in [1.165, 1.54) is 35.6 Å². The number of benzene rings is 3. The molecule has 0 saturated carbocycles. The average Bonchev–Trinajstić information content (AvgIpc) is 3.73. The molecule has 18 heteroatoms. The van der Waals surface area contributed by atoms with E-state index in [9.17, 15) is 28.8 Å².